The van der Waals surface area contributed by atoms with Gasteiger partial charge in [-0.2, -0.15) is 0 Å². The maximum atomic E-state index is 12.1. The number of fused-ring (bicyclic) bond motifs is 1. The van der Waals surface area contributed by atoms with Gasteiger partial charge in [0, 0.05) is 26.6 Å². The minimum Gasteiger partial charge on any atom is -0.497 e. The van der Waals surface area contributed by atoms with Crippen molar-refractivity contribution in [2.75, 3.05) is 27.2 Å². The minimum atomic E-state index is -0.150. The van der Waals surface area contributed by atoms with Gasteiger partial charge < -0.3 is 14.6 Å². The number of piperidine rings is 1. The number of nitrogens with zero attached hydrogens (tertiary/aromatic N) is 4. The zero-order valence-electron chi connectivity index (χ0n) is 16.1. The molecule has 0 saturated carbocycles. The molecule has 0 atom stereocenters. The molecule has 7 nitrogen and oxygen atoms in total. The summed E-state index contributed by atoms with van der Waals surface area (Å²) in [5, 5.41) is 11.0. The highest BCUT2D eigenvalue weighted by Crippen LogP contribution is 2.41. The molecule has 4 rings (SSSR count). The summed E-state index contributed by atoms with van der Waals surface area (Å²) >= 11 is 0. The summed E-state index contributed by atoms with van der Waals surface area (Å²) in [6.45, 7) is 3.99. The van der Waals surface area contributed by atoms with Crippen molar-refractivity contribution < 1.29 is 9.53 Å². The third-order valence-corrected chi connectivity index (χ3v) is 6.11. The molecule has 0 unspecified atom stereocenters. The minimum absolute atomic E-state index is 0.150. The molecule has 27 heavy (non-hydrogen) atoms. The lowest BCUT2D eigenvalue weighted by Gasteiger charge is -2.44. The Kier molecular flexibility index (Phi) is 4.86. The van der Waals surface area contributed by atoms with Crippen molar-refractivity contribution in [3.63, 3.8) is 0 Å². The second-order valence-electron chi connectivity index (χ2n) is 7.73. The predicted molar refractivity (Wildman–Crippen MR) is 102 cm³/mol. The van der Waals surface area contributed by atoms with Gasteiger partial charge >= 0.3 is 0 Å². The third-order valence-electron chi connectivity index (χ3n) is 6.11. The Bertz CT molecular complexity index is 806. The van der Waals surface area contributed by atoms with Crippen LogP contribution >= 0.6 is 0 Å². The smallest absolute Gasteiger partial charge is 0.288 e. The number of aromatic nitrogens is 3. The Morgan fingerprint density at radius 1 is 1.19 bits per heavy atom. The number of nitrogens with one attached hydrogen (secondary N) is 1. The summed E-state index contributed by atoms with van der Waals surface area (Å²) < 4.78 is 7.28. The first-order valence-electron chi connectivity index (χ1n) is 9.62. The molecule has 0 aliphatic carbocycles. The van der Waals surface area contributed by atoms with E-state index in [2.05, 4.69) is 32.5 Å². The molecule has 1 aromatic carbocycles. The standard InChI is InChI=1S/C20H27N5O2/c1-21-19(26)18-23-22-17-7-8-20(14-25(17)18)9-11-24(12-10-20)13-15-3-5-16(27-2)6-4-15/h3-6H,7-14H2,1-2H3,(H,21,26). The first kappa shape index (κ1) is 18.0. The van der Waals surface area contributed by atoms with Crippen LogP contribution in [0.4, 0.5) is 0 Å². The number of hydrogen-bond acceptors (Lipinski definition) is 5. The molecule has 1 saturated heterocycles. The monoisotopic (exact) mass is 369 g/mol. The Hall–Kier alpha value is -2.41. The van der Waals surface area contributed by atoms with E-state index in [0.29, 0.717) is 5.82 Å². The number of methoxy groups -OCH3 is 1. The number of aryl methyl sites for hydroxylation is 1. The van der Waals surface area contributed by atoms with Crippen LogP contribution in [-0.4, -0.2) is 52.8 Å². The van der Waals surface area contributed by atoms with Crippen molar-refractivity contribution in [2.45, 2.75) is 38.8 Å². The average molecular weight is 369 g/mol. The second-order valence-corrected chi connectivity index (χ2v) is 7.73. The van der Waals surface area contributed by atoms with Crippen LogP contribution in [0.5, 0.6) is 5.75 Å². The molecule has 1 spiro atoms. The van der Waals surface area contributed by atoms with Crippen LogP contribution in [0.1, 0.15) is 41.3 Å². The summed E-state index contributed by atoms with van der Waals surface area (Å²) in [7, 11) is 3.33. The Balaban J connectivity index is 1.40. The number of benzene rings is 1. The lowest BCUT2D eigenvalue weighted by atomic mass is 9.73. The fourth-order valence-corrected chi connectivity index (χ4v) is 4.34. The molecule has 0 radical (unpaired) electrons. The maximum Gasteiger partial charge on any atom is 0.288 e. The molecule has 2 aliphatic heterocycles. The number of likely N-dealkylation sites (tertiary alicyclic amines) is 1. The highest BCUT2D eigenvalue weighted by Gasteiger charge is 2.39. The highest BCUT2D eigenvalue weighted by molar-refractivity contribution is 5.90. The van der Waals surface area contributed by atoms with E-state index >= 15 is 0 Å². The Labute approximate surface area is 159 Å². The van der Waals surface area contributed by atoms with E-state index in [-0.39, 0.29) is 11.3 Å². The van der Waals surface area contributed by atoms with E-state index in [1.807, 2.05) is 16.7 Å². The van der Waals surface area contributed by atoms with Crippen molar-refractivity contribution in [1.82, 2.24) is 25.0 Å². The highest BCUT2D eigenvalue weighted by atomic mass is 16.5. The largest absolute Gasteiger partial charge is 0.497 e. The number of ether oxygens (including phenoxy) is 1. The number of carbonyl (C=O) groups is 1. The van der Waals surface area contributed by atoms with E-state index in [4.69, 9.17) is 4.74 Å². The first-order valence-corrected chi connectivity index (χ1v) is 9.62. The Morgan fingerprint density at radius 3 is 2.59 bits per heavy atom. The van der Waals surface area contributed by atoms with Gasteiger partial charge in [0.15, 0.2) is 0 Å². The fraction of sp³-hybridized carbons (Fsp3) is 0.550. The zero-order valence-corrected chi connectivity index (χ0v) is 16.1. The topological polar surface area (TPSA) is 72.3 Å². The number of hydrogen-bond donors (Lipinski definition) is 1. The van der Waals surface area contributed by atoms with Gasteiger partial charge in [0.05, 0.1) is 7.11 Å². The van der Waals surface area contributed by atoms with Crippen molar-refractivity contribution in [2.24, 2.45) is 5.41 Å². The van der Waals surface area contributed by atoms with Gasteiger partial charge in [-0.3, -0.25) is 9.69 Å². The summed E-state index contributed by atoms with van der Waals surface area (Å²) in [4.78, 5) is 14.6. The van der Waals surface area contributed by atoms with Gasteiger partial charge in [-0.25, -0.2) is 0 Å². The van der Waals surface area contributed by atoms with Crippen molar-refractivity contribution in [3.05, 3.63) is 41.5 Å². The van der Waals surface area contributed by atoms with Crippen LogP contribution in [0.15, 0.2) is 24.3 Å². The average Bonchev–Trinajstić information content (AvgIpc) is 3.13. The third kappa shape index (κ3) is 3.56. The number of carbonyl (C=O) groups excluding carboxylic acids is 1. The normalized spacial score (nSPS) is 18.9. The molecule has 0 bridgehead atoms. The van der Waals surface area contributed by atoms with E-state index in [1.165, 1.54) is 5.56 Å². The molecule has 2 aliphatic rings. The molecule has 7 heteroatoms. The second kappa shape index (κ2) is 7.31. The van der Waals surface area contributed by atoms with Gasteiger partial charge in [-0.15, -0.1) is 10.2 Å². The summed E-state index contributed by atoms with van der Waals surface area (Å²) in [5.74, 6) is 2.14. The van der Waals surface area contributed by atoms with E-state index in [0.717, 1.165) is 63.4 Å². The van der Waals surface area contributed by atoms with Crippen LogP contribution in [0.25, 0.3) is 0 Å². The van der Waals surface area contributed by atoms with Gasteiger partial charge in [-0.05, 0) is 55.5 Å². The summed E-state index contributed by atoms with van der Waals surface area (Å²) in [5.41, 5.74) is 1.58. The quantitative estimate of drug-likeness (QED) is 0.891. The van der Waals surface area contributed by atoms with E-state index in [9.17, 15) is 4.79 Å². The molecule has 1 N–H and O–H groups in total. The SMILES string of the molecule is CNC(=O)c1nnc2n1CC1(CC2)CCN(Cc2ccc(OC)cc2)CC1. The first-order chi connectivity index (χ1) is 13.1. The summed E-state index contributed by atoms with van der Waals surface area (Å²) in [6.07, 6.45) is 4.33. The lowest BCUT2D eigenvalue weighted by molar-refractivity contribution is 0.0619. The van der Waals surface area contributed by atoms with Crippen LogP contribution in [0.2, 0.25) is 0 Å². The molecule has 2 aromatic rings. The molecule has 3 heterocycles. The maximum absolute atomic E-state index is 12.1. The molecule has 1 fully saturated rings. The molecular weight excluding hydrogens is 342 g/mol. The van der Waals surface area contributed by atoms with Crippen molar-refractivity contribution in [1.29, 1.82) is 0 Å². The van der Waals surface area contributed by atoms with Gasteiger partial charge in [0.1, 0.15) is 11.6 Å². The predicted octanol–water partition coefficient (Wildman–Crippen LogP) is 1.87. The van der Waals surface area contributed by atoms with Crippen LogP contribution < -0.4 is 10.1 Å². The molecule has 144 valence electrons. The molecular formula is C20H27N5O2. The van der Waals surface area contributed by atoms with Crippen LogP contribution in [-0.2, 0) is 19.5 Å². The lowest BCUT2D eigenvalue weighted by Crippen LogP contribution is -2.44. The number of amides is 1. The van der Waals surface area contributed by atoms with E-state index in [1.54, 1.807) is 14.2 Å². The fourth-order valence-electron chi connectivity index (χ4n) is 4.34. The van der Waals surface area contributed by atoms with Crippen LogP contribution in [0, 0.1) is 5.41 Å². The van der Waals surface area contributed by atoms with Crippen molar-refractivity contribution >= 4 is 5.91 Å². The van der Waals surface area contributed by atoms with Gasteiger partial charge in [0.25, 0.3) is 5.91 Å². The number of rotatable bonds is 4. The van der Waals surface area contributed by atoms with E-state index < -0.39 is 0 Å². The Morgan fingerprint density at radius 2 is 1.93 bits per heavy atom. The zero-order chi connectivity index (χ0) is 18.9. The van der Waals surface area contributed by atoms with Gasteiger partial charge in [0.2, 0.25) is 5.82 Å². The molecule has 1 amide bonds. The molecule has 1 aromatic heterocycles. The van der Waals surface area contributed by atoms with Gasteiger partial charge in [-0.1, -0.05) is 12.1 Å². The van der Waals surface area contributed by atoms with Crippen LogP contribution in [0.3, 0.4) is 0 Å². The summed E-state index contributed by atoms with van der Waals surface area (Å²) in [6, 6.07) is 8.33. The van der Waals surface area contributed by atoms with Crippen molar-refractivity contribution in [3.8, 4) is 5.75 Å².